The van der Waals surface area contributed by atoms with E-state index in [0.29, 0.717) is 17.9 Å². The summed E-state index contributed by atoms with van der Waals surface area (Å²) in [6.45, 7) is 4.97. The molecule has 0 spiro atoms. The van der Waals surface area contributed by atoms with Crippen molar-refractivity contribution in [2.75, 3.05) is 27.2 Å². The summed E-state index contributed by atoms with van der Waals surface area (Å²) in [7, 11) is 3.21. The van der Waals surface area contributed by atoms with Gasteiger partial charge in [0, 0.05) is 18.0 Å². The summed E-state index contributed by atoms with van der Waals surface area (Å²) in [5.74, 6) is -8.32. The molecular formula is C28H35N3O6. The van der Waals surface area contributed by atoms with Gasteiger partial charge in [-0.3, -0.25) is 33.8 Å². The van der Waals surface area contributed by atoms with Crippen LogP contribution in [0.5, 0.6) is 0 Å². The maximum Gasteiger partial charge on any atom is 0.235 e. The molecule has 3 N–H and O–H groups in total. The molecule has 0 radical (unpaired) electrons. The standard InChI is InChI=1S/C28H35N3O6/c1-14-7-9-31(10-8-14)13-15-5-4-6-17-18(15)11-16-12-19-22(30(2)3)24(33)21(27(29)36)26(35)28(19,37)25(34)20(16)23(17)32/h4-6,14,16,19-22,37H,7-13H2,1-3H3,(H2,29,36)/t16?,19?,20?,21?,22-,28+/m1/s1. The number of carbonyl (C=O) groups excluding carboxylic acids is 5. The summed E-state index contributed by atoms with van der Waals surface area (Å²) in [5, 5.41) is 11.6. The van der Waals surface area contributed by atoms with E-state index in [1.807, 2.05) is 12.1 Å². The highest BCUT2D eigenvalue weighted by atomic mass is 16.3. The van der Waals surface area contributed by atoms with E-state index in [4.69, 9.17) is 5.73 Å². The van der Waals surface area contributed by atoms with E-state index in [9.17, 15) is 29.1 Å². The number of piperidine rings is 1. The molecule has 1 aromatic carbocycles. The molecule has 3 aliphatic carbocycles. The minimum absolute atomic E-state index is 0.138. The maximum atomic E-state index is 13.8. The number of carbonyl (C=O) groups is 5. The van der Waals surface area contributed by atoms with Crippen LogP contribution in [-0.2, 0) is 32.1 Å². The van der Waals surface area contributed by atoms with E-state index >= 15 is 0 Å². The van der Waals surface area contributed by atoms with Crippen molar-refractivity contribution >= 4 is 29.0 Å². The SMILES string of the molecule is CC1CCN(Cc2cccc3c2CC2CC4[C@@H](N(C)C)C(=O)C(C(N)=O)C(=O)[C@@]4(O)C(=O)C2C3=O)CC1. The van der Waals surface area contributed by atoms with Gasteiger partial charge in [0.15, 0.2) is 34.7 Å². The average molecular weight is 510 g/mol. The number of Topliss-reactive ketones (excluding diaryl/α,β-unsaturated/α-hetero) is 4. The Morgan fingerprint density at radius 3 is 2.43 bits per heavy atom. The van der Waals surface area contributed by atoms with Crippen molar-refractivity contribution in [1.82, 2.24) is 9.80 Å². The third kappa shape index (κ3) is 3.90. The first-order valence-corrected chi connectivity index (χ1v) is 13.1. The predicted octanol–water partition coefficient (Wildman–Crippen LogP) is 0.393. The van der Waals surface area contributed by atoms with Crippen LogP contribution in [0.1, 0.15) is 47.7 Å². The molecule has 37 heavy (non-hydrogen) atoms. The van der Waals surface area contributed by atoms with Gasteiger partial charge >= 0.3 is 0 Å². The molecule has 2 saturated carbocycles. The summed E-state index contributed by atoms with van der Waals surface area (Å²) < 4.78 is 0. The quantitative estimate of drug-likeness (QED) is 0.556. The average Bonchev–Trinajstić information content (AvgIpc) is 2.83. The molecule has 9 heteroatoms. The molecule has 1 heterocycles. The third-order valence-corrected chi connectivity index (χ3v) is 9.22. The zero-order valence-corrected chi connectivity index (χ0v) is 21.6. The van der Waals surface area contributed by atoms with Crippen LogP contribution >= 0.6 is 0 Å². The molecule has 1 amide bonds. The van der Waals surface area contributed by atoms with E-state index < -0.39 is 64.4 Å². The van der Waals surface area contributed by atoms with Crippen LogP contribution in [-0.4, -0.2) is 82.8 Å². The van der Waals surface area contributed by atoms with E-state index in [-0.39, 0.29) is 6.42 Å². The fourth-order valence-electron chi connectivity index (χ4n) is 7.21. The number of hydrogen-bond donors (Lipinski definition) is 2. The van der Waals surface area contributed by atoms with Gasteiger partial charge in [-0.15, -0.1) is 0 Å². The lowest BCUT2D eigenvalue weighted by molar-refractivity contribution is -0.181. The summed E-state index contributed by atoms with van der Waals surface area (Å²) in [6, 6.07) is 4.51. The second-order valence-electron chi connectivity index (χ2n) is 11.7. The monoisotopic (exact) mass is 509 g/mol. The number of likely N-dealkylation sites (N-methyl/N-ethyl adjacent to an activating group) is 1. The number of ketones is 4. The van der Waals surface area contributed by atoms with Gasteiger partial charge in [0.2, 0.25) is 5.91 Å². The summed E-state index contributed by atoms with van der Waals surface area (Å²) >= 11 is 0. The Hall–Kier alpha value is -2.75. The zero-order chi connectivity index (χ0) is 26.8. The smallest absolute Gasteiger partial charge is 0.235 e. The number of primary amides is 1. The number of likely N-dealkylation sites (tertiary alicyclic amines) is 1. The van der Waals surface area contributed by atoms with Crippen molar-refractivity contribution in [1.29, 1.82) is 0 Å². The van der Waals surface area contributed by atoms with Crippen LogP contribution in [0, 0.1) is 29.6 Å². The number of benzene rings is 1. The number of rotatable bonds is 4. The molecule has 3 fully saturated rings. The van der Waals surface area contributed by atoms with Crippen LogP contribution < -0.4 is 5.73 Å². The van der Waals surface area contributed by atoms with Crippen LogP contribution in [0.25, 0.3) is 0 Å². The molecule has 9 nitrogen and oxygen atoms in total. The first kappa shape index (κ1) is 25.9. The first-order valence-electron chi connectivity index (χ1n) is 13.1. The Kier molecular flexibility index (Phi) is 6.45. The number of hydrogen-bond acceptors (Lipinski definition) is 8. The van der Waals surface area contributed by atoms with E-state index in [1.165, 1.54) is 4.90 Å². The van der Waals surface area contributed by atoms with Crippen molar-refractivity contribution in [2.45, 2.75) is 50.8 Å². The fraction of sp³-hybridized carbons (Fsp3) is 0.607. The van der Waals surface area contributed by atoms with Crippen molar-refractivity contribution in [3.63, 3.8) is 0 Å². The van der Waals surface area contributed by atoms with Gasteiger partial charge in [0.05, 0.1) is 12.0 Å². The number of nitrogens with two attached hydrogens (primary N) is 1. The molecule has 4 unspecified atom stereocenters. The number of amides is 1. The second-order valence-corrected chi connectivity index (χ2v) is 11.7. The van der Waals surface area contributed by atoms with Crippen LogP contribution in [0.2, 0.25) is 0 Å². The first-order chi connectivity index (χ1) is 17.5. The van der Waals surface area contributed by atoms with Gasteiger partial charge in [-0.05, 0) is 75.8 Å². The lowest BCUT2D eigenvalue weighted by Gasteiger charge is -2.52. The summed E-state index contributed by atoms with van der Waals surface area (Å²) in [5.41, 5.74) is 5.18. The van der Waals surface area contributed by atoms with Gasteiger partial charge in [0.1, 0.15) is 0 Å². The van der Waals surface area contributed by atoms with Gasteiger partial charge < -0.3 is 10.8 Å². The van der Waals surface area contributed by atoms with E-state index in [1.54, 1.807) is 20.2 Å². The molecule has 1 aliphatic heterocycles. The molecule has 1 aromatic rings. The van der Waals surface area contributed by atoms with Gasteiger partial charge in [-0.25, -0.2) is 0 Å². The lowest BCUT2D eigenvalue weighted by atomic mass is 9.52. The normalized spacial score (nSPS) is 34.8. The molecular weight excluding hydrogens is 474 g/mol. The second kappa shape index (κ2) is 9.22. The fourth-order valence-corrected chi connectivity index (χ4v) is 7.21. The minimum Gasteiger partial charge on any atom is -0.374 e. The van der Waals surface area contributed by atoms with Crippen LogP contribution in [0.4, 0.5) is 0 Å². The molecule has 4 aliphatic rings. The van der Waals surface area contributed by atoms with Crippen molar-refractivity contribution < 1.29 is 29.1 Å². The topological polar surface area (TPSA) is 138 Å². The predicted molar refractivity (Wildman–Crippen MR) is 133 cm³/mol. The van der Waals surface area contributed by atoms with E-state index in [2.05, 4.69) is 11.8 Å². The molecule has 1 saturated heterocycles. The van der Waals surface area contributed by atoms with Crippen molar-refractivity contribution in [2.24, 2.45) is 35.3 Å². The van der Waals surface area contributed by atoms with Gasteiger partial charge in [-0.1, -0.05) is 25.1 Å². The van der Waals surface area contributed by atoms with Crippen LogP contribution in [0.15, 0.2) is 18.2 Å². The largest absolute Gasteiger partial charge is 0.374 e. The maximum absolute atomic E-state index is 13.8. The summed E-state index contributed by atoms with van der Waals surface area (Å²) in [6.07, 6.45) is 2.85. The highest BCUT2D eigenvalue weighted by Gasteiger charge is 2.69. The lowest BCUT2D eigenvalue weighted by Crippen LogP contribution is -2.74. The van der Waals surface area contributed by atoms with Gasteiger partial charge in [-0.2, -0.15) is 0 Å². The highest BCUT2D eigenvalue weighted by Crippen LogP contribution is 2.50. The molecule has 198 valence electrons. The number of fused-ring (bicyclic) bond motifs is 3. The number of nitrogens with zero attached hydrogens (tertiary/aromatic N) is 2. The molecule has 0 aromatic heterocycles. The summed E-state index contributed by atoms with van der Waals surface area (Å²) in [4.78, 5) is 70.1. The molecule has 5 rings (SSSR count). The third-order valence-electron chi connectivity index (χ3n) is 9.22. The minimum atomic E-state index is -2.61. The Balaban J connectivity index is 1.52. The Labute approximate surface area is 216 Å². The van der Waals surface area contributed by atoms with Crippen LogP contribution in [0.3, 0.4) is 0 Å². The van der Waals surface area contributed by atoms with Crippen molar-refractivity contribution in [3.05, 3.63) is 34.9 Å². The van der Waals surface area contributed by atoms with Crippen molar-refractivity contribution in [3.8, 4) is 0 Å². The molecule has 0 bridgehead atoms. The van der Waals surface area contributed by atoms with Gasteiger partial charge in [0.25, 0.3) is 0 Å². The zero-order valence-electron chi connectivity index (χ0n) is 21.6. The number of aliphatic hydroxyl groups is 1. The highest BCUT2D eigenvalue weighted by molar-refractivity contribution is 6.32. The molecule has 6 atom stereocenters. The Bertz CT molecular complexity index is 1190. The Morgan fingerprint density at radius 1 is 1.14 bits per heavy atom. The Morgan fingerprint density at radius 2 is 1.81 bits per heavy atom. The van der Waals surface area contributed by atoms with E-state index in [0.717, 1.165) is 43.6 Å².